The molecule has 0 aliphatic heterocycles. The molecule has 1 amide bonds. The fraction of sp³-hybridized carbons (Fsp3) is 0.750. The Kier molecular flexibility index (Phi) is 8.01. The monoisotopic (exact) mass is 243 g/mol. The summed E-state index contributed by atoms with van der Waals surface area (Å²) in [6, 6.07) is -0.921. The van der Waals surface area contributed by atoms with E-state index in [2.05, 4.69) is 5.32 Å². The third-order valence-corrected chi connectivity index (χ3v) is 2.66. The predicted octanol–water partition coefficient (Wildman–Crippen LogP) is 1.36. The average molecular weight is 243 g/mol. The number of amides is 1. The summed E-state index contributed by atoms with van der Waals surface area (Å²) in [5.41, 5.74) is 0. The Labute approximate surface area is 102 Å². The predicted molar refractivity (Wildman–Crippen MR) is 63.6 cm³/mol. The second kappa shape index (κ2) is 8.73. The zero-order chi connectivity index (χ0) is 13.3. The van der Waals surface area contributed by atoms with Gasteiger partial charge in [0.15, 0.2) is 0 Å². The Morgan fingerprint density at radius 2 is 2.00 bits per heavy atom. The molecule has 0 saturated carbocycles. The summed E-state index contributed by atoms with van der Waals surface area (Å²) >= 11 is 0. The minimum absolute atomic E-state index is 0.133. The maximum absolute atomic E-state index is 11.8. The standard InChI is InChI=1S/C12H21NO4/c1-3-5-6-9(4-2)12(17)13-10(8-14)7-11(15)16/h8-10H,3-7H2,1-2H3,(H,13,17)(H,15,16)/t9-,10-/m0/s1. The highest BCUT2D eigenvalue weighted by atomic mass is 16.4. The number of carbonyl (C=O) groups excluding carboxylic acids is 2. The summed E-state index contributed by atoms with van der Waals surface area (Å²) < 4.78 is 0. The molecule has 0 aliphatic carbocycles. The number of aldehydes is 1. The molecule has 0 aromatic rings. The van der Waals surface area contributed by atoms with E-state index >= 15 is 0 Å². The van der Waals surface area contributed by atoms with Gasteiger partial charge in [-0.15, -0.1) is 0 Å². The molecule has 17 heavy (non-hydrogen) atoms. The molecule has 98 valence electrons. The van der Waals surface area contributed by atoms with Crippen molar-refractivity contribution in [2.75, 3.05) is 0 Å². The van der Waals surface area contributed by atoms with Gasteiger partial charge in [-0.2, -0.15) is 0 Å². The molecule has 0 aliphatic rings. The number of unbranched alkanes of at least 4 members (excludes halogenated alkanes) is 1. The molecule has 0 saturated heterocycles. The van der Waals surface area contributed by atoms with Crippen LogP contribution >= 0.6 is 0 Å². The maximum Gasteiger partial charge on any atom is 0.305 e. The Bertz CT molecular complexity index is 265. The van der Waals surface area contributed by atoms with Crippen LogP contribution in [0.4, 0.5) is 0 Å². The molecule has 2 N–H and O–H groups in total. The fourth-order valence-corrected chi connectivity index (χ4v) is 1.59. The first kappa shape index (κ1) is 15.6. The van der Waals surface area contributed by atoms with Crippen LogP contribution in [-0.2, 0) is 14.4 Å². The van der Waals surface area contributed by atoms with Gasteiger partial charge in [0.2, 0.25) is 5.91 Å². The van der Waals surface area contributed by atoms with E-state index in [-0.39, 0.29) is 18.2 Å². The zero-order valence-electron chi connectivity index (χ0n) is 10.4. The summed E-state index contributed by atoms with van der Waals surface area (Å²) in [5.74, 6) is -1.45. The summed E-state index contributed by atoms with van der Waals surface area (Å²) in [4.78, 5) is 32.8. The number of nitrogens with one attached hydrogen (secondary N) is 1. The van der Waals surface area contributed by atoms with Gasteiger partial charge in [-0.25, -0.2) is 0 Å². The summed E-state index contributed by atoms with van der Waals surface area (Å²) in [6.45, 7) is 3.95. The van der Waals surface area contributed by atoms with Crippen molar-refractivity contribution in [3.63, 3.8) is 0 Å². The molecule has 5 nitrogen and oxygen atoms in total. The van der Waals surface area contributed by atoms with Crippen LogP contribution in [-0.4, -0.2) is 29.3 Å². The number of carboxylic acid groups (broad SMARTS) is 1. The summed E-state index contributed by atoms with van der Waals surface area (Å²) in [5, 5.41) is 11.0. The second-order valence-electron chi connectivity index (χ2n) is 4.10. The van der Waals surface area contributed by atoms with E-state index in [1.165, 1.54) is 0 Å². The molecule has 0 radical (unpaired) electrons. The van der Waals surface area contributed by atoms with Gasteiger partial charge < -0.3 is 15.2 Å². The van der Waals surface area contributed by atoms with Crippen molar-refractivity contribution in [2.45, 2.75) is 52.0 Å². The molecule has 0 bridgehead atoms. The van der Waals surface area contributed by atoms with E-state index in [1.807, 2.05) is 13.8 Å². The zero-order valence-corrected chi connectivity index (χ0v) is 10.4. The lowest BCUT2D eigenvalue weighted by atomic mass is 9.98. The Morgan fingerprint density at radius 1 is 1.35 bits per heavy atom. The van der Waals surface area contributed by atoms with Gasteiger partial charge >= 0.3 is 5.97 Å². The van der Waals surface area contributed by atoms with Crippen molar-refractivity contribution in [3.05, 3.63) is 0 Å². The van der Waals surface area contributed by atoms with Crippen LogP contribution in [0.2, 0.25) is 0 Å². The van der Waals surface area contributed by atoms with Crippen LogP contribution in [0.1, 0.15) is 46.0 Å². The van der Waals surface area contributed by atoms with E-state index < -0.39 is 12.0 Å². The minimum atomic E-state index is -1.09. The van der Waals surface area contributed by atoms with Crippen molar-refractivity contribution < 1.29 is 19.5 Å². The van der Waals surface area contributed by atoms with Gasteiger partial charge in [-0.05, 0) is 12.8 Å². The van der Waals surface area contributed by atoms with Gasteiger partial charge in [0.1, 0.15) is 6.29 Å². The molecule has 0 fully saturated rings. The number of hydrogen-bond acceptors (Lipinski definition) is 3. The molecule has 0 rings (SSSR count). The lowest BCUT2D eigenvalue weighted by molar-refractivity contribution is -0.139. The first-order valence-electron chi connectivity index (χ1n) is 6.02. The molecule has 0 aromatic carbocycles. The number of rotatable bonds is 9. The molecule has 0 spiro atoms. The van der Waals surface area contributed by atoms with E-state index in [4.69, 9.17) is 5.11 Å². The Hall–Kier alpha value is -1.39. The van der Waals surface area contributed by atoms with E-state index in [0.717, 1.165) is 19.3 Å². The van der Waals surface area contributed by atoms with Crippen LogP contribution in [0.15, 0.2) is 0 Å². The molecule has 5 heteroatoms. The molecule has 0 heterocycles. The molecule has 2 atom stereocenters. The quantitative estimate of drug-likeness (QED) is 0.599. The van der Waals surface area contributed by atoms with Gasteiger partial charge in [0, 0.05) is 5.92 Å². The third-order valence-electron chi connectivity index (χ3n) is 2.66. The Balaban J connectivity index is 4.26. The number of carbonyl (C=O) groups is 3. The Morgan fingerprint density at radius 3 is 2.41 bits per heavy atom. The maximum atomic E-state index is 11.8. The van der Waals surface area contributed by atoms with E-state index in [9.17, 15) is 14.4 Å². The van der Waals surface area contributed by atoms with Crippen LogP contribution in [0, 0.1) is 5.92 Å². The highest BCUT2D eigenvalue weighted by molar-refractivity contribution is 5.83. The largest absolute Gasteiger partial charge is 0.481 e. The number of carboxylic acids is 1. The molecule has 0 unspecified atom stereocenters. The smallest absolute Gasteiger partial charge is 0.305 e. The third kappa shape index (κ3) is 6.71. The fourth-order valence-electron chi connectivity index (χ4n) is 1.59. The first-order valence-corrected chi connectivity index (χ1v) is 6.02. The van der Waals surface area contributed by atoms with Crippen LogP contribution in [0.25, 0.3) is 0 Å². The van der Waals surface area contributed by atoms with Crippen molar-refractivity contribution in [1.82, 2.24) is 5.32 Å². The minimum Gasteiger partial charge on any atom is -0.481 e. The SMILES string of the molecule is CCCC[C@H](CC)C(=O)N[C@H](C=O)CC(=O)O. The highest BCUT2D eigenvalue weighted by Gasteiger charge is 2.20. The lowest BCUT2D eigenvalue weighted by Gasteiger charge is -2.17. The number of aliphatic carboxylic acids is 1. The van der Waals surface area contributed by atoms with Gasteiger partial charge in [-0.3, -0.25) is 9.59 Å². The van der Waals surface area contributed by atoms with Crippen molar-refractivity contribution >= 4 is 18.2 Å². The van der Waals surface area contributed by atoms with Gasteiger partial charge in [-0.1, -0.05) is 26.7 Å². The molecule has 0 aromatic heterocycles. The van der Waals surface area contributed by atoms with Crippen LogP contribution in [0.5, 0.6) is 0 Å². The van der Waals surface area contributed by atoms with E-state index in [1.54, 1.807) is 0 Å². The van der Waals surface area contributed by atoms with Gasteiger partial charge in [0.25, 0.3) is 0 Å². The van der Waals surface area contributed by atoms with Crippen LogP contribution < -0.4 is 5.32 Å². The molecular formula is C12H21NO4. The normalized spacial score (nSPS) is 13.8. The molecular weight excluding hydrogens is 222 g/mol. The average Bonchev–Trinajstić information content (AvgIpc) is 2.28. The van der Waals surface area contributed by atoms with Crippen molar-refractivity contribution in [3.8, 4) is 0 Å². The first-order chi connectivity index (χ1) is 8.04. The summed E-state index contributed by atoms with van der Waals surface area (Å²) in [6.07, 6.45) is 3.55. The summed E-state index contributed by atoms with van der Waals surface area (Å²) in [7, 11) is 0. The topological polar surface area (TPSA) is 83.5 Å². The lowest BCUT2D eigenvalue weighted by Crippen LogP contribution is -2.41. The van der Waals surface area contributed by atoms with E-state index in [0.29, 0.717) is 12.7 Å². The number of hydrogen-bond donors (Lipinski definition) is 2. The van der Waals surface area contributed by atoms with Crippen LogP contribution in [0.3, 0.4) is 0 Å². The second-order valence-corrected chi connectivity index (χ2v) is 4.10. The van der Waals surface area contributed by atoms with Crippen molar-refractivity contribution in [2.24, 2.45) is 5.92 Å². The van der Waals surface area contributed by atoms with Crippen molar-refractivity contribution in [1.29, 1.82) is 0 Å². The highest BCUT2D eigenvalue weighted by Crippen LogP contribution is 2.12. The van der Waals surface area contributed by atoms with Gasteiger partial charge in [0.05, 0.1) is 12.5 Å².